The summed E-state index contributed by atoms with van der Waals surface area (Å²) in [5.74, 6) is 0.0148. The maximum Gasteiger partial charge on any atom is 0.236 e. The highest BCUT2D eigenvalue weighted by Crippen LogP contribution is 1.97. The molecule has 1 rings (SSSR count). The predicted molar refractivity (Wildman–Crippen MR) is 56.8 cm³/mol. The van der Waals surface area contributed by atoms with Crippen LogP contribution >= 0.6 is 0 Å². The van der Waals surface area contributed by atoms with Gasteiger partial charge in [0.25, 0.3) is 0 Å². The molecule has 3 heteroatoms. The molecule has 0 aliphatic carbocycles. The first-order valence-electron chi connectivity index (χ1n) is 4.73. The van der Waals surface area contributed by atoms with Gasteiger partial charge in [0, 0.05) is 13.6 Å². The molecule has 0 radical (unpaired) electrons. The highest BCUT2D eigenvalue weighted by atomic mass is 16.2. The van der Waals surface area contributed by atoms with Crippen LogP contribution < -0.4 is 10.6 Å². The van der Waals surface area contributed by atoms with Crippen molar-refractivity contribution in [1.29, 1.82) is 0 Å². The summed E-state index contributed by atoms with van der Waals surface area (Å²) in [4.78, 5) is 11.2. The molecule has 3 nitrogen and oxygen atoms in total. The minimum absolute atomic E-state index is 0.0148. The zero-order valence-electron chi connectivity index (χ0n) is 8.58. The number of hydrogen-bond donors (Lipinski definition) is 2. The number of carbonyl (C=O) groups is 1. The molecule has 1 amide bonds. The van der Waals surface area contributed by atoms with Crippen LogP contribution in [0.4, 0.5) is 0 Å². The molecule has 0 fully saturated rings. The lowest BCUT2D eigenvalue weighted by Crippen LogP contribution is -2.40. The van der Waals surface area contributed by atoms with Gasteiger partial charge in [0.05, 0.1) is 6.04 Å². The number of nitrogens with one attached hydrogen (secondary N) is 2. The monoisotopic (exact) mass is 192 g/mol. The standard InChI is InChI=1S/C11H16N2O/c1-9(11(14)12-2)13-8-10-6-4-3-5-7-10/h3-7,9,13H,8H2,1-2H3,(H,12,14). The van der Waals surface area contributed by atoms with Crippen LogP contribution in [0.15, 0.2) is 30.3 Å². The fourth-order valence-electron chi connectivity index (χ4n) is 1.18. The largest absolute Gasteiger partial charge is 0.358 e. The van der Waals surface area contributed by atoms with E-state index in [4.69, 9.17) is 0 Å². The molecule has 1 atom stereocenters. The fraction of sp³-hybridized carbons (Fsp3) is 0.364. The summed E-state index contributed by atoms with van der Waals surface area (Å²) in [5.41, 5.74) is 1.18. The SMILES string of the molecule is CNC(=O)C(C)NCc1ccccc1. The zero-order chi connectivity index (χ0) is 10.4. The van der Waals surface area contributed by atoms with E-state index in [0.717, 1.165) is 6.54 Å². The third-order valence-corrected chi connectivity index (χ3v) is 2.09. The molecule has 0 heterocycles. The number of carbonyl (C=O) groups excluding carboxylic acids is 1. The molecule has 0 aromatic heterocycles. The van der Waals surface area contributed by atoms with Crippen LogP contribution in [0.5, 0.6) is 0 Å². The Labute approximate surface area is 84.5 Å². The van der Waals surface area contributed by atoms with Gasteiger partial charge in [-0.3, -0.25) is 4.79 Å². The molecule has 76 valence electrons. The van der Waals surface area contributed by atoms with Crippen LogP contribution in [0, 0.1) is 0 Å². The van der Waals surface area contributed by atoms with Gasteiger partial charge in [0.1, 0.15) is 0 Å². The normalized spacial score (nSPS) is 12.1. The van der Waals surface area contributed by atoms with E-state index in [9.17, 15) is 4.79 Å². The molecule has 0 bridgehead atoms. The van der Waals surface area contributed by atoms with E-state index in [1.54, 1.807) is 7.05 Å². The van der Waals surface area contributed by atoms with Gasteiger partial charge >= 0.3 is 0 Å². The van der Waals surface area contributed by atoms with Gasteiger partial charge in [-0.15, -0.1) is 0 Å². The summed E-state index contributed by atoms with van der Waals surface area (Å²) in [7, 11) is 1.64. The average molecular weight is 192 g/mol. The second-order valence-electron chi connectivity index (χ2n) is 3.20. The van der Waals surface area contributed by atoms with Crippen LogP contribution in [-0.4, -0.2) is 19.0 Å². The van der Waals surface area contributed by atoms with Gasteiger partial charge < -0.3 is 10.6 Å². The van der Waals surface area contributed by atoms with Crippen molar-refractivity contribution in [2.45, 2.75) is 19.5 Å². The number of amides is 1. The van der Waals surface area contributed by atoms with Crippen molar-refractivity contribution < 1.29 is 4.79 Å². The molecule has 0 aliphatic heterocycles. The second kappa shape index (κ2) is 5.40. The van der Waals surface area contributed by atoms with Crippen molar-refractivity contribution in [1.82, 2.24) is 10.6 Å². The predicted octanol–water partition coefficient (Wildman–Crippen LogP) is 0.911. The Morgan fingerprint density at radius 1 is 1.36 bits per heavy atom. The van der Waals surface area contributed by atoms with Crippen molar-refractivity contribution in [3.05, 3.63) is 35.9 Å². The third-order valence-electron chi connectivity index (χ3n) is 2.09. The maximum atomic E-state index is 11.2. The highest BCUT2D eigenvalue weighted by molar-refractivity contribution is 5.80. The Morgan fingerprint density at radius 3 is 2.57 bits per heavy atom. The van der Waals surface area contributed by atoms with Crippen LogP contribution in [0.1, 0.15) is 12.5 Å². The Balaban J connectivity index is 2.38. The van der Waals surface area contributed by atoms with Crippen molar-refractivity contribution >= 4 is 5.91 Å². The lowest BCUT2D eigenvalue weighted by Gasteiger charge is -2.11. The van der Waals surface area contributed by atoms with Gasteiger partial charge in [-0.05, 0) is 12.5 Å². The van der Waals surface area contributed by atoms with Crippen LogP contribution in [0.25, 0.3) is 0 Å². The van der Waals surface area contributed by atoms with E-state index in [2.05, 4.69) is 10.6 Å². The summed E-state index contributed by atoms with van der Waals surface area (Å²) in [6.07, 6.45) is 0. The van der Waals surface area contributed by atoms with E-state index >= 15 is 0 Å². The molecule has 1 aromatic carbocycles. The molecule has 1 unspecified atom stereocenters. The minimum Gasteiger partial charge on any atom is -0.358 e. The van der Waals surface area contributed by atoms with Crippen molar-refractivity contribution in [2.75, 3.05) is 7.05 Å². The molecule has 1 aromatic rings. The minimum atomic E-state index is -0.153. The average Bonchev–Trinajstić information content (AvgIpc) is 2.26. The van der Waals surface area contributed by atoms with E-state index < -0.39 is 0 Å². The number of benzene rings is 1. The molecule has 0 saturated carbocycles. The first-order valence-corrected chi connectivity index (χ1v) is 4.73. The van der Waals surface area contributed by atoms with Crippen molar-refractivity contribution in [3.63, 3.8) is 0 Å². The molecular weight excluding hydrogens is 176 g/mol. The van der Waals surface area contributed by atoms with Crippen molar-refractivity contribution in [2.24, 2.45) is 0 Å². The van der Waals surface area contributed by atoms with Gasteiger partial charge in [0.2, 0.25) is 5.91 Å². The maximum absolute atomic E-state index is 11.2. The fourth-order valence-corrected chi connectivity index (χ4v) is 1.18. The molecule has 2 N–H and O–H groups in total. The van der Waals surface area contributed by atoms with E-state index in [-0.39, 0.29) is 11.9 Å². The molecule has 0 saturated heterocycles. The second-order valence-corrected chi connectivity index (χ2v) is 3.20. The van der Waals surface area contributed by atoms with Gasteiger partial charge in [0.15, 0.2) is 0 Å². The summed E-state index contributed by atoms with van der Waals surface area (Å²) in [6, 6.07) is 9.86. The van der Waals surface area contributed by atoms with E-state index in [1.165, 1.54) is 5.56 Å². The summed E-state index contributed by atoms with van der Waals surface area (Å²) in [5, 5.41) is 5.74. The highest BCUT2D eigenvalue weighted by Gasteiger charge is 2.08. The third kappa shape index (κ3) is 3.18. The summed E-state index contributed by atoms with van der Waals surface area (Å²) < 4.78 is 0. The van der Waals surface area contributed by atoms with Crippen LogP contribution in [-0.2, 0) is 11.3 Å². The smallest absolute Gasteiger partial charge is 0.236 e. The van der Waals surface area contributed by atoms with Crippen LogP contribution in [0.3, 0.4) is 0 Å². The molecule has 0 spiro atoms. The lowest BCUT2D eigenvalue weighted by atomic mass is 10.2. The molecule has 14 heavy (non-hydrogen) atoms. The number of likely N-dealkylation sites (N-methyl/N-ethyl adjacent to an activating group) is 1. The zero-order valence-corrected chi connectivity index (χ0v) is 8.58. The van der Waals surface area contributed by atoms with Crippen molar-refractivity contribution in [3.8, 4) is 0 Å². The number of hydrogen-bond acceptors (Lipinski definition) is 2. The Morgan fingerprint density at radius 2 is 2.00 bits per heavy atom. The Hall–Kier alpha value is -1.35. The molecule has 0 aliphatic rings. The topological polar surface area (TPSA) is 41.1 Å². The van der Waals surface area contributed by atoms with Gasteiger partial charge in [-0.1, -0.05) is 30.3 Å². The summed E-state index contributed by atoms with van der Waals surface area (Å²) >= 11 is 0. The first kappa shape index (κ1) is 10.7. The Bertz CT molecular complexity index is 285. The number of rotatable bonds is 4. The quantitative estimate of drug-likeness (QED) is 0.744. The molecular formula is C11H16N2O. The van der Waals surface area contributed by atoms with Gasteiger partial charge in [-0.25, -0.2) is 0 Å². The van der Waals surface area contributed by atoms with Crippen LogP contribution in [0.2, 0.25) is 0 Å². The summed E-state index contributed by atoms with van der Waals surface area (Å²) in [6.45, 7) is 2.57. The first-order chi connectivity index (χ1) is 6.74. The lowest BCUT2D eigenvalue weighted by molar-refractivity contribution is -0.122. The van der Waals surface area contributed by atoms with E-state index in [1.807, 2.05) is 37.3 Å². The van der Waals surface area contributed by atoms with E-state index in [0.29, 0.717) is 0 Å². The Kier molecular flexibility index (Phi) is 4.13. The van der Waals surface area contributed by atoms with Gasteiger partial charge in [-0.2, -0.15) is 0 Å².